The molecule has 0 saturated heterocycles. The smallest absolute Gasteiger partial charge is 0.241 e. The topological polar surface area (TPSA) is 55.1 Å². The molecule has 5 heteroatoms. The third-order valence-corrected chi connectivity index (χ3v) is 1.54. The summed E-state index contributed by atoms with van der Waals surface area (Å²) in [4.78, 5) is 11.1. The van der Waals surface area contributed by atoms with E-state index in [1.165, 1.54) is 6.92 Å². The lowest BCUT2D eigenvalue weighted by molar-refractivity contribution is -0.117. The Hall–Kier alpha value is -1.49. The Labute approximate surface area is 79.9 Å². The lowest BCUT2D eigenvalue weighted by Gasteiger charge is -2.07. The predicted octanol–water partition coefficient (Wildman–Crippen LogP) is 1.25. The van der Waals surface area contributed by atoms with Gasteiger partial charge in [-0.1, -0.05) is 0 Å². The molecule has 0 spiro atoms. The van der Waals surface area contributed by atoms with Crippen LogP contribution in [0.1, 0.15) is 6.92 Å². The molecular weight excluding hydrogens is 190 g/mol. The van der Waals surface area contributed by atoms with Gasteiger partial charge in [0.1, 0.15) is 11.6 Å². The van der Waals surface area contributed by atoms with E-state index < -0.39 is 23.6 Å². The van der Waals surface area contributed by atoms with Crippen LogP contribution in [0.25, 0.3) is 0 Å². The lowest BCUT2D eigenvalue weighted by atomic mass is 10.2. The van der Waals surface area contributed by atoms with Crippen molar-refractivity contribution in [3.8, 4) is 0 Å². The zero-order valence-corrected chi connectivity index (χ0v) is 7.55. The number of amides is 1. The van der Waals surface area contributed by atoms with Gasteiger partial charge in [-0.05, 0) is 19.1 Å². The molecule has 0 bridgehead atoms. The van der Waals surface area contributed by atoms with Crippen LogP contribution >= 0.6 is 0 Å². The van der Waals surface area contributed by atoms with Crippen LogP contribution in [-0.4, -0.2) is 11.9 Å². The maximum absolute atomic E-state index is 12.7. The fourth-order valence-electron chi connectivity index (χ4n) is 0.882. The normalized spacial score (nSPS) is 12.3. The molecule has 0 radical (unpaired) electrons. The van der Waals surface area contributed by atoms with Crippen LogP contribution in [0.4, 0.5) is 14.5 Å². The van der Waals surface area contributed by atoms with Gasteiger partial charge in [0.15, 0.2) is 0 Å². The van der Waals surface area contributed by atoms with Gasteiger partial charge in [0, 0.05) is 11.8 Å². The first-order valence-corrected chi connectivity index (χ1v) is 4.01. The molecule has 1 aromatic carbocycles. The molecule has 0 fully saturated rings. The van der Waals surface area contributed by atoms with E-state index in [0.29, 0.717) is 0 Å². The quantitative estimate of drug-likeness (QED) is 0.754. The van der Waals surface area contributed by atoms with Crippen molar-refractivity contribution in [1.29, 1.82) is 0 Å². The molecule has 3 nitrogen and oxygen atoms in total. The number of hydrogen-bond donors (Lipinski definition) is 2. The van der Waals surface area contributed by atoms with Crippen LogP contribution < -0.4 is 11.1 Å². The molecule has 1 amide bonds. The zero-order valence-electron chi connectivity index (χ0n) is 7.55. The molecule has 0 aliphatic heterocycles. The van der Waals surface area contributed by atoms with Crippen molar-refractivity contribution in [2.45, 2.75) is 13.0 Å². The van der Waals surface area contributed by atoms with Crippen molar-refractivity contribution >= 4 is 11.6 Å². The Morgan fingerprint density at radius 3 is 2.29 bits per heavy atom. The van der Waals surface area contributed by atoms with Gasteiger partial charge >= 0.3 is 0 Å². The van der Waals surface area contributed by atoms with Crippen LogP contribution in [0.5, 0.6) is 0 Å². The van der Waals surface area contributed by atoms with Crippen molar-refractivity contribution in [3.05, 3.63) is 29.8 Å². The highest BCUT2D eigenvalue weighted by molar-refractivity contribution is 5.94. The number of carbonyl (C=O) groups is 1. The van der Waals surface area contributed by atoms with E-state index >= 15 is 0 Å². The third-order valence-electron chi connectivity index (χ3n) is 1.54. The summed E-state index contributed by atoms with van der Waals surface area (Å²) < 4.78 is 25.3. The standard InChI is InChI=1S/C9H10F2N2O/c1-5(12)9(14)13-8-3-6(10)2-7(11)4-8/h2-5H,12H2,1H3,(H,13,14). The summed E-state index contributed by atoms with van der Waals surface area (Å²) >= 11 is 0. The largest absolute Gasteiger partial charge is 0.325 e. The highest BCUT2D eigenvalue weighted by atomic mass is 19.1. The van der Waals surface area contributed by atoms with Crippen molar-refractivity contribution in [2.24, 2.45) is 5.73 Å². The number of benzene rings is 1. The molecule has 0 aromatic heterocycles. The van der Waals surface area contributed by atoms with E-state index in [1.54, 1.807) is 0 Å². The monoisotopic (exact) mass is 200 g/mol. The fraction of sp³-hybridized carbons (Fsp3) is 0.222. The molecule has 0 heterocycles. The fourth-order valence-corrected chi connectivity index (χ4v) is 0.882. The molecule has 1 aromatic rings. The van der Waals surface area contributed by atoms with Crippen molar-refractivity contribution in [1.82, 2.24) is 0 Å². The summed E-state index contributed by atoms with van der Waals surface area (Å²) in [7, 11) is 0. The van der Waals surface area contributed by atoms with Gasteiger partial charge in [-0.25, -0.2) is 8.78 Å². The van der Waals surface area contributed by atoms with Gasteiger partial charge in [0.25, 0.3) is 0 Å². The van der Waals surface area contributed by atoms with Crippen LogP contribution in [-0.2, 0) is 4.79 Å². The first kappa shape index (κ1) is 10.6. The Morgan fingerprint density at radius 1 is 1.36 bits per heavy atom. The SMILES string of the molecule is CC(N)C(=O)Nc1cc(F)cc(F)c1. The number of halogens is 2. The highest BCUT2D eigenvalue weighted by Gasteiger charge is 2.08. The minimum absolute atomic E-state index is 0.0600. The minimum Gasteiger partial charge on any atom is -0.325 e. The molecular formula is C9H10F2N2O. The number of anilines is 1. The van der Waals surface area contributed by atoms with E-state index in [4.69, 9.17) is 5.73 Å². The molecule has 3 N–H and O–H groups in total. The van der Waals surface area contributed by atoms with Crippen LogP contribution in [0.15, 0.2) is 18.2 Å². The van der Waals surface area contributed by atoms with Gasteiger partial charge in [-0.15, -0.1) is 0 Å². The van der Waals surface area contributed by atoms with E-state index in [0.717, 1.165) is 18.2 Å². The number of nitrogens with one attached hydrogen (secondary N) is 1. The number of hydrogen-bond acceptors (Lipinski definition) is 2. The van der Waals surface area contributed by atoms with E-state index in [1.807, 2.05) is 0 Å². The highest BCUT2D eigenvalue weighted by Crippen LogP contribution is 2.12. The predicted molar refractivity (Wildman–Crippen MR) is 48.6 cm³/mol. The van der Waals surface area contributed by atoms with Crippen LogP contribution in [0.2, 0.25) is 0 Å². The first-order chi connectivity index (χ1) is 6.49. The summed E-state index contributed by atoms with van der Waals surface area (Å²) in [6.45, 7) is 1.48. The van der Waals surface area contributed by atoms with Gasteiger partial charge in [0.2, 0.25) is 5.91 Å². The van der Waals surface area contributed by atoms with E-state index in [9.17, 15) is 13.6 Å². The Morgan fingerprint density at radius 2 is 1.86 bits per heavy atom. The van der Waals surface area contributed by atoms with Crippen molar-refractivity contribution in [3.63, 3.8) is 0 Å². The first-order valence-electron chi connectivity index (χ1n) is 4.01. The lowest BCUT2D eigenvalue weighted by Crippen LogP contribution is -2.32. The molecule has 1 atom stereocenters. The molecule has 0 aliphatic carbocycles. The summed E-state index contributed by atoms with van der Waals surface area (Å²) in [5.41, 5.74) is 5.32. The van der Waals surface area contributed by atoms with Crippen molar-refractivity contribution < 1.29 is 13.6 Å². The molecule has 0 saturated carbocycles. The summed E-state index contributed by atoms with van der Waals surface area (Å²) in [6, 6.07) is 2.04. The van der Waals surface area contributed by atoms with Crippen LogP contribution in [0, 0.1) is 11.6 Å². The molecule has 1 unspecified atom stereocenters. The van der Waals surface area contributed by atoms with Gasteiger partial charge in [-0.3, -0.25) is 4.79 Å². The van der Waals surface area contributed by atoms with Gasteiger partial charge < -0.3 is 11.1 Å². The average Bonchev–Trinajstić information content (AvgIpc) is 2.01. The molecule has 1 rings (SSSR count). The third kappa shape index (κ3) is 2.77. The van der Waals surface area contributed by atoms with Crippen LogP contribution in [0.3, 0.4) is 0 Å². The second-order valence-electron chi connectivity index (χ2n) is 2.94. The average molecular weight is 200 g/mol. The summed E-state index contributed by atoms with van der Waals surface area (Å²) in [5, 5.41) is 2.28. The maximum atomic E-state index is 12.7. The number of carbonyl (C=O) groups excluding carboxylic acids is 1. The summed E-state index contributed by atoms with van der Waals surface area (Å²) in [5.74, 6) is -1.98. The minimum atomic E-state index is -0.745. The van der Waals surface area contributed by atoms with Gasteiger partial charge in [-0.2, -0.15) is 0 Å². The Bertz CT molecular complexity index is 332. The maximum Gasteiger partial charge on any atom is 0.241 e. The Kier molecular flexibility index (Phi) is 3.14. The molecule has 76 valence electrons. The van der Waals surface area contributed by atoms with Gasteiger partial charge in [0.05, 0.1) is 6.04 Å². The number of nitrogens with two attached hydrogens (primary N) is 1. The Balaban J connectivity index is 2.82. The van der Waals surface area contributed by atoms with E-state index in [-0.39, 0.29) is 5.69 Å². The molecule has 0 aliphatic rings. The molecule has 14 heavy (non-hydrogen) atoms. The number of rotatable bonds is 2. The van der Waals surface area contributed by atoms with Crippen molar-refractivity contribution in [2.75, 3.05) is 5.32 Å². The summed E-state index contributed by atoms with van der Waals surface area (Å²) in [6.07, 6.45) is 0. The zero-order chi connectivity index (χ0) is 10.7. The second-order valence-corrected chi connectivity index (χ2v) is 2.94. The second kappa shape index (κ2) is 4.15. The van der Waals surface area contributed by atoms with E-state index in [2.05, 4.69) is 5.32 Å².